The Morgan fingerprint density at radius 1 is 1.15 bits per heavy atom. The van der Waals surface area contributed by atoms with Crippen molar-refractivity contribution < 1.29 is 23.1 Å². The van der Waals surface area contributed by atoms with Gasteiger partial charge in [0.1, 0.15) is 5.76 Å². The molecule has 8 heteroatoms. The Morgan fingerprint density at radius 2 is 1.85 bits per heavy atom. The molecule has 6 nitrogen and oxygen atoms in total. The maximum absolute atomic E-state index is 12.5. The van der Waals surface area contributed by atoms with E-state index in [9.17, 15) is 23.1 Å². The van der Waals surface area contributed by atoms with Crippen LogP contribution in [0.3, 0.4) is 0 Å². The monoisotopic (exact) mass is 393 g/mol. The Balaban J connectivity index is 2.31. The number of halogens is 1. The van der Waals surface area contributed by atoms with Crippen LogP contribution >= 0.6 is 11.6 Å². The van der Waals surface area contributed by atoms with E-state index in [-0.39, 0.29) is 16.1 Å². The van der Waals surface area contributed by atoms with Crippen molar-refractivity contribution in [3.63, 3.8) is 0 Å². The Labute approximate surface area is 156 Å². The minimum atomic E-state index is -3.89. The predicted molar refractivity (Wildman–Crippen MR) is 99.7 cm³/mol. The molecule has 0 saturated carbocycles. The third-order valence-corrected chi connectivity index (χ3v) is 5.27. The predicted octanol–water partition coefficient (Wildman–Crippen LogP) is 3.51. The number of rotatable bonds is 6. The highest BCUT2D eigenvalue weighted by Gasteiger charge is 2.16. The number of aliphatic hydroxyl groups is 1. The van der Waals surface area contributed by atoms with Crippen molar-refractivity contribution >= 4 is 44.6 Å². The molecule has 0 atom stereocenters. The molecule has 2 aromatic rings. The Hall–Kier alpha value is -2.64. The van der Waals surface area contributed by atoms with Crippen LogP contribution in [0.5, 0.6) is 0 Å². The molecule has 0 aliphatic rings. The minimum Gasteiger partial charge on any atom is -0.507 e. The number of hydrogen-bond donors (Lipinski definition) is 2. The molecule has 26 heavy (non-hydrogen) atoms. The number of benzene rings is 2. The zero-order valence-electron chi connectivity index (χ0n) is 14.0. The molecule has 0 aromatic heterocycles. The van der Waals surface area contributed by atoms with Gasteiger partial charge in [-0.15, -0.1) is 0 Å². The number of carbonyl (C=O) groups excluding carboxylic acids is 2. The van der Waals surface area contributed by atoms with E-state index in [4.69, 9.17) is 11.6 Å². The summed E-state index contributed by atoms with van der Waals surface area (Å²) in [5.41, 5.74) is 1.11. The summed E-state index contributed by atoms with van der Waals surface area (Å²) < 4.78 is 27.3. The molecule has 0 radical (unpaired) electrons. The number of carbonyl (C=O) groups is 2. The fraction of sp³-hybridized carbons (Fsp3) is 0.111. The van der Waals surface area contributed by atoms with Crippen LogP contribution in [0, 0.1) is 6.92 Å². The standard InChI is InChI=1S/C18H16ClNO5S/c1-11-6-7-15(9-16(11)19)26(24,25)20-14-5-3-4-13(8-14)18(23)10-17(22)12(2)21/h3-10,20,23H,1-2H3. The highest BCUT2D eigenvalue weighted by molar-refractivity contribution is 7.92. The van der Waals surface area contributed by atoms with Gasteiger partial charge in [-0.1, -0.05) is 29.8 Å². The normalized spacial score (nSPS) is 11.9. The van der Waals surface area contributed by atoms with Crippen LogP contribution in [-0.4, -0.2) is 25.1 Å². The molecule has 2 rings (SSSR count). The third kappa shape index (κ3) is 4.71. The third-order valence-electron chi connectivity index (χ3n) is 3.48. The molecule has 0 unspecified atom stereocenters. The fourth-order valence-electron chi connectivity index (χ4n) is 2.01. The van der Waals surface area contributed by atoms with Crippen molar-refractivity contribution in [2.24, 2.45) is 0 Å². The molecule has 0 saturated heterocycles. The maximum atomic E-state index is 12.5. The summed E-state index contributed by atoms with van der Waals surface area (Å²) in [5, 5.41) is 10.3. The molecule has 0 fully saturated rings. The molecular weight excluding hydrogens is 378 g/mol. The topological polar surface area (TPSA) is 101 Å². The summed E-state index contributed by atoms with van der Waals surface area (Å²) in [6, 6.07) is 10.2. The number of ketones is 2. The molecule has 0 heterocycles. The molecule has 2 N–H and O–H groups in total. The number of anilines is 1. The van der Waals surface area contributed by atoms with E-state index in [2.05, 4.69) is 4.72 Å². The van der Waals surface area contributed by atoms with Crippen molar-refractivity contribution in [2.75, 3.05) is 4.72 Å². The van der Waals surface area contributed by atoms with Crippen LogP contribution in [0.1, 0.15) is 18.1 Å². The summed E-state index contributed by atoms with van der Waals surface area (Å²) >= 11 is 5.97. The van der Waals surface area contributed by atoms with E-state index in [1.807, 2.05) is 0 Å². The zero-order valence-corrected chi connectivity index (χ0v) is 15.6. The first kappa shape index (κ1) is 19.7. The fourth-order valence-corrected chi connectivity index (χ4v) is 3.33. The van der Waals surface area contributed by atoms with Crippen LogP contribution in [0.2, 0.25) is 5.02 Å². The average Bonchev–Trinajstić information content (AvgIpc) is 2.56. The average molecular weight is 394 g/mol. The van der Waals surface area contributed by atoms with Gasteiger partial charge in [-0.3, -0.25) is 14.3 Å². The highest BCUT2D eigenvalue weighted by Crippen LogP contribution is 2.23. The van der Waals surface area contributed by atoms with Crippen LogP contribution in [0.4, 0.5) is 5.69 Å². The van der Waals surface area contributed by atoms with Gasteiger partial charge in [0.05, 0.1) is 4.90 Å². The van der Waals surface area contributed by atoms with Crippen LogP contribution in [0.15, 0.2) is 53.4 Å². The second-order valence-corrected chi connectivity index (χ2v) is 7.64. The van der Waals surface area contributed by atoms with Gasteiger partial charge in [0, 0.05) is 29.3 Å². The number of sulfonamides is 1. The van der Waals surface area contributed by atoms with Gasteiger partial charge in [-0.2, -0.15) is 0 Å². The zero-order chi connectivity index (χ0) is 19.5. The number of aliphatic hydroxyl groups excluding tert-OH is 1. The van der Waals surface area contributed by atoms with E-state index >= 15 is 0 Å². The summed E-state index contributed by atoms with van der Waals surface area (Å²) in [6.45, 7) is 2.84. The molecule has 136 valence electrons. The molecule has 0 bridgehead atoms. The highest BCUT2D eigenvalue weighted by atomic mass is 35.5. The van der Waals surface area contributed by atoms with E-state index in [1.165, 1.54) is 36.4 Å². The maximum Gasteiger partial charge on any atom is 0.261 e. The van der Waals surface area contributed by atoms with Crippen LogP contribution in [-0.2, 0) is 19.6 Å². The Kier molecular flexibility index (Phi) is 5.84. The summed E-state index contributed by atoms with van der Waals surface area (Å²) in [5.74, 6) is -2.02. The van der Waals surface area contributed by atoms with E-state index < -0.39 is 27.3 Å². The van der Waals surface area contributed by atoms with Crippen molar-refractivity contribution in [3.8, 4) is 0 Å². The lowest BCUT2D eigenvalue weighted by Gasteiger charge is -2.10. The van der Waals surface area contributed by atoms with Gasteiger partial charge in [0.25, 0.3) is 10.0 Å². The number of aryl methyl sites for hydroxylation is 1. The quantitative estimate of drug-likeness (QED) is 0.444. The Bertz CT molecular complexity index is 1010. The van der Waals surface area contributed by atoms with E-state index in [1.54, 1.807) is 13.0 Å². The van der Waals surface area contributed by atoms with Gasteiger partial charge in [0.2, 0.25) is 5.78 Å². The van der Waals surface area contributed by atoms with Crippen molar-refractivity contribution in [1.82, 2.24) is 0 Å². The second kappa shape index (κ2) is 7.72. The molecule has 0 aliphatic heterocycles. The first-order valence-electron chi connectivity index (χ1n) is 7.45. The molecular formula is C18H16ClNO5S. The molecule has 2 aromatic carbocycles. The van der Waals surface area contributed by atoms with Crippen LogP contribution < -0.4 is 4.72 Å². The summed E-state index contributed by atoms with van der Waals surface area (Å²) in [6.07, 6.45) is 0.787. The lowest BCUT2D eigenvalue weighted by molar-refractivity contribution is -0.132. The van der Waals surface area contributed by atoms with Crippen molar-refractivity contribution in [3.05, 3.63) is 64.7 Å². The summed E-state index contributed by atoms with van der Waals surface area (Å²) in [4.78, 5) is 22.3. The number of nitrogens with one attached hydrogen (secondary N) is 1. The van der Waals surface area contributed by atoms with Gasteiger partial charge < -0.3 is 5.11 Å². The number of hydrogen-bond acceptors (Lipinski definition) is 5. The molecule has 0 amide bonds. The SMILES string of the molecule is CC(=O)C(=O)C=C(O)c1cccc(NS(=O)(=O)c2ccc(C)c(Cl)c2)c1. The van der Waals surface area contributed by atoms with Gasteiger partial charge in [0.15, 0.2) is 5.78 Å². The van der Waals surface area contributed by atoms with Gasteiger partial charge in [-0.25, -0.2) is 8.42 Å². The number of Topliss-reactive ketones (excluding diaryl/α,β-unsaturated/α-hetero) is 1. The first-order valence-corrected chi connectivity index (χ1v) is 9.31. The lowest BCUT2D eigenvalue weighted by Crippen LogP contribution is -2.13. The molecule has 0 aliphatic carbocycles. The van der Waals surface area contributed by atoms with E-state index in [0.717, 1.165) is 18.6 Å². The smallest absolute Gasteiger partial charge is 0.261 e. The van der Waals surface area contributed by atoms with Crippen LogP contribution in [0.25, 0.3) is 5.76 Å². The molecule has 0 spiro atoms. The second-order valence-electron chi connectivity index (χ2n) is 5.55. The van der Waals surface area contributed by atoms with Gasteiger partial charge >= 0.3 is 0 Å². The number of allylic oxidation sites excluding steroid dienone is 1. The van der Waals surface area contributed by atoms with E-state index in [0.29, 0.717) is 5.02 Å². The Morgan fingerprint density at radius 3 is 2.46 bits per heavy atom. The largest absolute Gasteiger partial charge is 0.507 e. The first-order chi connectivity index (χ1) is 12.1. The minimum absolute atomic E-state index is 0.00924. The lowest BCUT2D eigenvalue weighted by atomic mass is 10.1. The van der Waals surface area contributed by atoms with Gasteiger partial charge in [-0.05, 0) is 36.8 Å². The summed E-state index contributed by atoms with van der Waals surface area (Å²) in [7, 11) is -3.89. The van der Waals surface area contributed by atoms with Crippen molar-refractivity contribution in [1.29, 1.82) is 0 Å². The van der Waals surface area contributed by atoms with Crippen molar-refractivity contribution in [2.45, 2.75) is 18.7 Å².